The van der Waals surface area contributed by atoms with Gasteiger partial charge in [-0.3, -0.25) is 14.9 Å². The second kappa shape index (κ2) is 8.72. The first kappa shape index (κ1) is 18.6. The molecule has 21 heavy (non-hydrogen) atoms. The fourth-order valence-electron chi connectivity index (χ4n) is 1.21. The molecule has 0 bridgehead atoms. The molecule has 0 saturated carbocycles. The summed E-state index contributed by atoms with van der Waals surface area (Å²) >= 11 is 0. The molecule has 0 saturated heterocycles. The van der Waals surface area contributed by atoms with Gasteiger partial charge >= 0.3 is 18.0 Å². The van der Waals surface area contributed by atoms with Crippen LogP contribution in [0.4, 0.5) is 4.79 Å². The minimum atomic E-state index is -1.23. The van der Waals surface area contributed by atoms with E-state index < -0.39 is 23.9 Å². The van der Waals surface area contributed by atoms with Gasteiger partial charge in [-0.25, -0.2) is 9.59 Å². The number of carbonyl (C=O) groups is 4. The van der Waals surface area contributed by atoms with Gasteiger partial charge in [-0.2, -0.15) is 0 Å². The van der Waals surface area contributed by atoms with Crippen LogP contribution in [0.25, 0.3) is 0 Å². The molecule has 0 spiro atoms. The smallest absolute Gasteiger partial charge is 0.331 e. The number of carboxylic acid groups (broad SMARTS) is 1. The van der Waals surface area contributed by atoms with Gasteiger partial charge in [-0.05, 0) is 20.8 Å². The quantitative estimate of drug-likeness (QED) is 0.546. The molecule has 0 aromatic heterocycles. The summed E-state index contributed by atoms with van der Waals surface area (Å²) in [5.74, 6) is -2.46. The zero-order valence-corrected chi connectivity index (χ0v) is 12.6. The minimum absolute atomic E-state index is 0.00885. The standard InChI is InChI=1S/C13H20N2O6/c1-5-21-10(16)6-7-15(4)13(20)14-11(17)8(2)9(3)12(18)19/h5-7H2,1-4H3,(H,18,19)(H,14,17,20). The Morgan fingerprint density at radius 2 is 1.71 bits per heavy atom. The van der Waals surface area contributed by atoms with E-state index in [0.717, 1.165) is 4.90 Å². The second-order valence-corrected chi connectivity index (χ2v) is 4.29. The van der Waals surface area contributed by atoms with E-state index in [0.29, 0.717) is 0 Å². The summed E-state index contributed by atoms with van der Waals surface area (Å²) < 4.78 is 4.71. The minimum Gasteiger partial charge on any atom is -0.478 e. The molecular weight excluding hydrogens is 280 g/mol. The molecule has 0 unspecified atom stereocenters. The molecule has 8 heteroatoms. The Hall–Kier alpha value is -2.38. The van der Waals surface area contributed by atoms with Crippen LogP contribution in [0.3, 0.4) is 0 Å². The first-order chi connectivity index (χ1) is 9.70. The number of aliphatic carboxylic acids is 1. The lowest BCUT2D eigenvalue weighted by molar-refractivity contribution is -0.143. The van der Waals surface area contributed by atoms with Crippen molar-refractivity contribution in [3.8, 4) is 0 Å². The second-order valence-electron chi connectivity index (χ2n) is 4.29. The number of carbonyl (C=O) groups excluding carboxylic acids is 3. The molecular formula is C13H20N2O6. The van der Waals surface area contributed by atoms with E-state index in [4.69, 9.17) is 9.84 Å². The molecule has 0 radical (unpaired) electrons. The first-order valence-corrected chi connectivity index (χ1v) is 6.33. The summed E-state index contributed by atoms with van der Waals surface area (Å²) in [6, 6.07) is -0.721. The number of hydrogen-bond acceptors (Lipinski definition) is 5. The van der Waals surface area contributed by atoms with Crippen LogP contribution in [-0.2, 0) is 19.1 Å². The van der Waals surface area contributed by atoms with E-state index in [1.165, 1.54) is 20.9 Å². The van der Waals surface area contributed by atoms with Crippen molar-refractivity contribution in [2.24, 2.45) is 0 Å². The number of ether oxygens (including phenoxy) is 1. The van der Waals surface area contributed by atoms with Gasteiger partial charge in [0.25, 0.3) is 5.91 Å². The lowest BCUT2D eigenvalue weighted by Gasteiger charge is -2.17. The lowest BCUT2D eigenvalue weighted by Crippen LogP contribution is -2.42. The maximum Gasteiger partial charge on any atom is 0.331 e. The SMILES string of the molecule is CCOC(=O)CCN(C)C(=O)NC(=O)C(C)=C(C)C(=O)O. The number of amides is 3. The Morgan fingerprint density at radius 1 is 1.14 bits per heavy atom. The topological polar surface area (TPSA) is 113 Å². The summed E-state index contributed by atoms with van der Waals surface area (Å²) in [5.41, 5.74) is -0.205. The first-order valence-electron chi connectivity index (χ1n) is 6.33. The molecule has 0 atom stereocenters. The Kier molecular flexibility index (Phi) is 7.74. The Labute approximate surface area is 122 Å². The van der Waals surface area contributed by atoms with Crippen molar-refractivity contribution in [2.75, 3.05) is 20.2 Å². The van der Waals surface area contributed by atoms with Crippen molar-refractivity contribution in [2.45, 2.75) is 27.2 Å². The zero-order chi connectivity index (χ0) is 16.6. The van der Waals surface area contributed by atoms with Gasteiger partial charge in [0.05, 0.1) is 13.0 Å². The molecule has 0 aromatic rings. The van der Waals surface area contributed by atoms with E-state index in [1.807, 2.05) is 5.32 Å². The van der Waals surface area contributed by atoms with Gasteiger partial charge in [0.2, 0.25) is 0 Å². The molecule has 0 aromatic carbocycles. The van der Waals surface area contributed by atoms with Gasteiger partial charge in [0.15, 0.2) is 0 Å². The highest BCUT2D eigenvalue weighted by atomic mass is 16.5. The number of carboxylic acids is 1. The molecule has 8 nitrogen and oxygen atoms in total. The van der Waals surface area contributed by atoms with Gasteiger partial charge < -0.3 is 14.7 Å². The molecule has 0 rings (SSSR count). The number of nitrogens with one attached hydrogen (secondary N) is 1. The third kappa shape index (κ3) is 6.55. The highest BCUT2D eigenvalue weighted by Crippen LogP contribution is 2.03. The van der Waals surface area contributed by atoms with E-state index in [2.05, 4.69) is 0 Å². The Balaban J connectivity index is 4.48. The van der Waals surface area contributed by atoms with Crippen molar-refractivity contribution in [1.82, 2.24) is 10.2 Å². The summed E-state index contributed by atoms with van der Waals surface area (Å²) in [4.78, 5) is 46.4. The highest BCUT2D eigenvalue weighted by Gasteiger charge is 2.18. The molecule has 3 amide bonds. The summed E-state index contributed by atoms with van der Waals surface area (Å²) in [7, 11) is 1.41. The average Bonchev–Trinajstić information content (AvgIpc) is 2.42. The van der Waals surface area contributed by atoms with Crippen molar-refractivity contribution >= 4 is 23.9 Å². The van der Waals surface area contributed by atoms with Gasteiger partial charge in [-0.1, -0.05) is 0 Å². The monoisotopic (exact) mass is 300 g/mol. The van der Waals surface area contributed by atoms with Crippen molar-refractivity contribution in [1.29, 1.82) is 0 Å². The highest BCUT2D eigenvalue weighted by molar-refractivity contribution is 6.07. The predicted molar refractivity (Wildman–Crippen MR) is 73.4 cm³/mol. The van der Waals surface area contributed by atoms with Gasteiger partial charge in [0, 0.05) is 24.7 Å². The van der Waals surface area contributed by atoms with Gasteiger partial charge in [0.1, 0.15) is 0 Å². The summed E-state index contributed by atoms with van der Waals surface area (Å²) in [6.45, 7) is 4.59. The largest absolute Gasteiger partial charge is 0.478 e. The molecule has 118 valence electrons. The fourth-order valence-corrected chi connectivity index (χ4v) is 1.21. The number of esters is 1. The van der Waals surface area contributed by atoms with Crippen LogP contribution < -0.4 is 5.32 Å². The Morgan fingerprint density at radius 3 is 2.19 bits per heavy atom. The number of imide groups is 1. The summed E-state index contributed by atoms with van der Waals surface area (Å²) in [5, 5.41) is 10.8. The van der Waals surface area contributed by atoms with Crippen LogP contribution >= 0.6 is 0 Å². The average molecular weight is 300 g/mol. The van der Waals surface area contributed by atoms with Crippen molar-refractivity contribution < 1.29 is 29.0 Å². The summed E-state index contributed by atoms with van der Waals surface area (Å²) in [6.07, 6.45) is 0.00885. The van der Waals surface area contributed by atoms with E-state index >= 15 is 0 Å². The van der Waals surface area contributed by atoms with Crippen LogP contribution in [-0.4, -0.2) is 54.1 Å². The van der Waals surface area contributed by atoms with Crippen molar-refractivity contribution in [3.05, 3.63) is 11.1 Å². The van der Waals surface area contributed by atoms with Gasteiger partial charge in [-0.15, -0.1) is 0 Å². The van der Waals surface area contributed by atoms with E-state index in [9.17, 15) is 19.2 Å². The molecule has 0 aliphatic heterocycles. The Bertz CT molecular complexity index is 469. The number of nitrogens with zero attached hydrogens (tertiary/aromatic N) is 1. The third-order valence-electron chi connectivity index (χ3n) is 2.75. The van der Waals surface area contributed by atoms with Crippen molar-refractivity contribution in [3.63, 3.8) is 0 Å². The molecule has 0 aliphatic carbocycles. The van der Waals surface area contributed by atoms with Crippen LogP contribution in [0, 0.1) is 0 Å². The maximum absolute atomic E-state index is 11.7. The predicted octanol–water partition coefficient (Wildman–Crippen LogP) is 0.529. The van der Waals surface area contributed by atoms with Crippen LogP contribution in [0.1, 0.15) is 27.2 Å². The molecule has 0 heterocycles. The van der Waals surface area contributed by atoms with E-state index in [-0.39, 0.29) is 30.7 Å². The van der Waals surface area contributed by atoms with Crippen LogP contribution in [0.15, 0.2) is 11.1 Å². The zero-order valence-electron chi connectivity index (χ0n) is 12.6. The number of urea groups is 1. The maximum atomic E-state index is 11.7. The van der Waals surface area contributed by atoms with E-state index in [1.54, 1.807) is 6.92 Å². The number of rotatable bonds is 6. The fraction of sp³-hybridized carbons (Fsp3) is 0.538. The molecule has 2 N–H and O–H groups in total. The van der Waals surface area contributed by atoms with Crippen LogP contribution in [0.2, 0.25) is 0 Å². The number of hydrogen-bond donors (Lipinski definition) is 2. The lowest BCUT2D eigenvalue weighted by atomic mass is 10.1. The molecule has 0 aliphatic rings. The third-order valence-corrected chi connectivity index (χ3v) is 2.75. The van der Waals surface area contributed by atoms with Crippen LogP contribution in [0.5, 0.6) is 0 Å². The normalized spacial score (nSPS) is 11.2. The molecule has 0 fully saturated rings.